The van der Waals surface area contributed by atoms with E-state index >= 15 is 0 Å². The highest BCUT2D eigenvalue weighted by Gasteiger charge is 2.21. The van der Waals surface area contributed by atoms with Crippen LogP contribution in [0.3, 0.4) is 0 Å². The first-order chi connectivity index (χ1) is 10.7. The Morgan fingerprint density at radius 3 is 2.77 bits per heavy atom. The van der Waals surface area contributed by atoms with Crippen molar-refractivity contribution in [3.05, 3.63) is 51.4 Å². The van der Waals surface area contributed by atoms with Gasteiger partial charge in [-0.25, -0.2) is 0 Å². The average Bonchev–Trinajstić information content (AvgIpc) is 2.68. The Kier molecular flexibility index (Phi) is 4.26. The second-order valence-corrected chi connectivity index (χ2v) is 6.75. The van der Waals surface area contributed by atoms with E-state index in [-0.39, 0.29) is 5.91 Å². The first-order valence-corrected chi connectivity index (χ1v) is 8.44. The van der Waals surface area contributed by atoms with Crippen molar-refractivity contribution in [2.24, 2.45) is 0 Å². The molecule has 1 aliphatic rings. The van der Waals surface area contributed by atoms with Gasteiger partial charge >= 0.3 is 0 Å². The maximum Gasteiger partial charge on any atom is 0.256 e. The SMILES string of the molecule is Cc1ccccc1C(=O)Nc1sc2c(c1C#N)CCCCC2. The minimum absolute atomic E-state index is 0.133. The van der Waals surface area contributed by atoms with Gasteiger partial charge in [-0.05, 0) is 49.8 Å². The Morgan fingerprint density at radius 1 is 1.23 bits per heavy atom. The summed E-state index contributed by atoms with van der Waals surface area (Å²) in [7, 11) is 0. The molecule has 3 rings (SSSR count). The maximum atomic E-state index is 12.5. The van der Waals surface area contributed by atoms with Crippen molar-refractivity contribution in [3.8, 4) is 6.07 Å². The van der Waals surface area contributed by atoms with Gasteiger partial charge in [0.05, 0.1) is 5.56 Å². The van der Waals surface area contributed by atoms with E-state index in [0.29, 0.717) is 16.1 Å². The Balaban J connectivity index is 1.92. The zero-order valence-electron chi connectivity index (χ0n) is 12.6. The molecular weight excluding hydrogens is 292 g/mol. The quantitative estimate of drug-likeness (QED) is 0.833. The lowest BCUT2D eigenvalue weighted by Crippen LogP contribution is -2.13. The number of nitriles is 1. The van der Waals surface area contributed by atoms with Crippen molar-refractivity contribution in [1.29, 1.82) is 5.26 Å². The van der Waals surface area contributed by atoms with Gasteiger partial charge in [0.15, 0.2) is 0 Å². The normalized spacial score (nSPS) is 13.8. The van der Waals surface area contributed by atoms with E-state index in [4.69, 9.17) is 0 Å². The molecule has 0 radical (unpaired) electrons. The summed E-state index contributed by atoms with van der Waals surface area (Å²) in [5.74, 6) is -0.133. The lowest BCUT2D eigenvalue weighted by Gasteiger charge is -2.06. The molecule has 0 bridgehead atoms. The molecular formula is C18H18N2OS. The zero-order valence-corrected chi connectivity index (χ0v) is 13.4. The van der Waals surface area contributed by atoms with Crippen LogP contribution in [0.5, 0.6) is 0 Å². The number of carbonyl (C=O) groups excluding carboxylic acids is 1. The van der Waals surface area contributed by atoms with Crippen molar-refractivity contribution < 1.29 is 4.79 Å². The van der Waals surface area contributed by atoms with Gasteiger partial charge in [-0.3, -0.25) is 4.79 Å². The predicted octanol–water partition coefficient (Wildman–Crippen LogP) is 4.45. The van der Waals surface area contributed by atoms with Crippen LogP contribution in [0, 0.1) is 18.3 Å². The van der Waals surface area contributed by atoms with E-state index in [1.54, 1.807) is 11.3 Å². The summed E-state index contributed by atoms with van der Waals surface area (Å²) in [6.45, 7) is 1.92. The average molecular weight is 310 g/mol. The topological polar surface area (TPSA) is 52.9 Å². The van der Waals surface area contributed by atoms with Gasteiger partial charge in [0.1, 0.15) is 11.1 Å². The number of amides is 1. The molecule has 1 amide bonds. The summed E-state index contributed by atoms with van der Waals surface area (Å²) in [5.41, 5.74) is 3.43. The highest BCUT2D eigenvalue weighted by Crippen LogP contribution is 2.37. The smallest absolute Gasteiger partial charge is 0.256 e. The number of thiophene rings is 1. The Hall–Kier alpha value is -2.12. The number of anilines is 1. The molecule has 22 heavy (non-hydrogen) atoms. The number of carbonyl (C=O) groups is 1. The molecule has 3 nitrogen and oxygen atoms in total. The van der Waals surface area contributed by atoms with Gasteiger partial charge in [-0.1, -0.05) is 24.6 Å². The van der Waals surface area contributed by atoms with E-state index in [1.165, 1.54) is 17.7 Å². The number of hydrogen-bond donors (Lipinski definition) is 1. The van der Waals surface area contributed by atoms with Crippen LogP contribution in [-0.2, 0) is 12.8 Å². The van der Waals surface area contributed by atoms with E-state index in [2.05, 4.69) is 11.4 Å². The molecule has 1 aliphatic carbocycles. The van der Waals surface area contributed by atoms with E-state index in [0.717, 1.165) is 30.4 Å². The van der Waals surface area contributed by atoms with Crippen LogP contribution in [0.1, 0.15) is 51.2 Å². The molecule has 0 fully saturated rings. The van der Waals surface area contributed by atoms with Gasteiger partial charge < -0.3 is 5.32 Å². The standard InChI is InChI=1S/C18H18N2OS/c1-12-7-5-6-8-13(12)17(21)20-18-15(11-19)14-9-3-2-4-10-16(14)22-18/h5-8H,2-4,9-10H2,1H3,(H,20,21). The number of fused-ring (bicyclic) bond motifs is 1. The van der Waals surface area contributed by atoms with Crippen LogP contribution in [-0.4, -0.2) is 5.91 Å². The first-order valence-electron chi connectivity index (χ1n) is 7.62. The minimum atomic E-state index is -0.133. The highest BCUT2D eigenvalue weighted by molar-refractivity contribution is 7.16. The summed E-state index contributed by atoms with van der Waals surface area (Å²) in [6.07, 6.45) is 5.49. The van der Waals surface area contributed by atoms with Crippen LogP contribution in [0.25, 0.3) is 0 Å². The van der Waals surface area contributed by atoms with Gasteiger partial charge in [0.2, 0.25) is 0 Å². The van der Waals surface area contributed by atoms with E-state index in [1.807, 2.05) is 31.2 Å². The van der Waals surface area contributed by atoms with E-state index < -0.39 is 0 Å². The molecule has 2 aromatic rings. The molecule has 112 valence electrons. The first kappa shape index (κ1) is 14.8. The van der Waals surface area contributed by atoms with Crippen molar-refractivity contribution >= 4 is 22.2 Å². The Morgan fingerprint density at radius 2 is 2.00 bits per heavy atom. The summed E-state index contributed by atoms with van der Waals surface area (Å²) in [6, 6.07) is 9.81. The van der Waals surface area contributed by atoms with Gasteiger partial charge in [0.25, 0.3) is 5.91 Å². The molecule has 0 saturated heterocycles. The number of rotatable bonds is 2. The largest absolute Gasteiger partial charge is 0.312 e. The van der Waals surface area contributed by atoms with Crippen LogP contribution >= 0.6 is 11.3 Å². The van der Waals surface area contributed by atoms with Crippen molar-refractivity contribution in [2.45, 2.75) is 39.0 Å². The maximum absolute atomic E-state index is 12.5. The van der Waals surface area contributed by atoms with Crippen LogP contribution in [0.4, 0.5) is 5.00 Å². The molecule has 0 spiro atoms. The Bertz CT molecular complexity index is 755. The second-order valence-electron chi connectivity index (χ2n) is 5.65. The van der Waals surface area contributed by atoms with Crippen molar-refractivity contribution in [3.63, 3.8) is 0 Å². The number of hydrogen-bond acceptors (Lipinski definition) is 3. The molecule has 0 aliphatic heterocycles. The highest BCUT2D eigenvalue weighted by atomic mass is 32.1. The van der Waals surface area contributed by atoms with Crippen LogP contribution < -0.4 is 5.32 Å². The van der Waals surface area contributed by atoms with E-state index in [9.17, 15) is 10.1 Å². The lowest BCUT2D eigenvalue weighted by molar-refractivity contribution is 0.102. The summed E-state index contributed by atoms with van der Waals surface area (Å²) >= 11 is 1.57. The van der Waals surface area contributed by atoms with Crippen molar-refractivity contribution in [1.82, 2.24) is 0 Å². The predicted molar refractivity (Wildman–Crippen MR) is 89.4 cm³/mol. The molecule has 1 aromatic carbocycles. The monoisotopic (exact) mass is 310 g/mol. The van der Waals surface area contributed by atoms with Gasteiger partial charge in [0, 0.05) is 10.4 Å². The fraction of sp³-hybridized carbons (Fsp3) is 0.333. The third-order valence-electron chi connectivity index (χ3n) is 4.15. The van der Waals surface area contributed by atoms with Gasteiger partial charge in [-0.2, -0.15) is 5.26 Å². The fourth-order valence-corrected chi connectivity index (χ4v) is 4.18. The molecule has 4 heteroatoms. The lowest BCUT2D eigenvalue weighted by atomic mass is 10.1. The van der Waals surface area contributed by atoms with Crippen LogP contribution in [0.2, 0.25) is 0 Å². The molecule has 1 N–H and O–H groups in total. The minimum Gasteiger partial charge on any atom is -0.312 e. The number of nitrogens with one attached hydrogen (secondary N) is 1. The molecule has 1 heterocycles. The number of benzene rings is 1. The molecule has 0 unspecified atom stereocenters. The summed E-state index contributed by atoms with van der Waals surface area (Å²) < 4.78 is 0. The number of nitrogens with zero attached hydrogens (tertiary/aromatic N) is 1. The number of aryl methyl sites for hydroxylation is 2. The zero-order chi connectivity index (χ0) is 15.5. The third-order valence-corrected chi connectivity index (χ3v) is 5.36. The molecule has 0 saturated carbocycles. The molecule has 1 aromatic heterocycles. The van der Waals surface area contributed by atoms with Crippen LogP contribution in [0.15, 0.2) is 24.3 Å². The van der Waals surface area contributed by atoms with Gasteiger partial charge in [-0.15, -0.1) is 11.3 Å². The fourth-order valence-electron chi connectivity index (χ4n) is 2.95. The summed E-state index contributed by atoms with van der Waals surface area (Å²) in [5, 5.41) is 13.2. The molecule has 0 atom stereocenters. The third kappa shape index (κ3) is 2.77. The van der Waals surface area contributed by atoms with Crippen molar-refractivity contribution in [2.75, 3.05) is 5.32 Å². The summed E-state index contributed by atoms with van der Waals surface area (Å²) in [4.78, 5) is 13.7. The Labute approximate surface area is 134 Å². The second kappa shape index (κ2) is 6.33.